The molecular formula is C36H40N4O12. The molecule has 4 N–H and O–H groups in total. The van der Waals surface area contributed by atoms with Crippen LogP contribution in [0.1, 0.15) is 40.9 Å². The predicted octanol–water partition coefficient (Wildman–Crippen LogP) is 0.898. The van der Waals surface area contributed by atoms with Gasteiger partial charge in [-0.1, -0.05) is 60.7 Å². The van der Waals surface area contributed by atoms with Crippen LogP contribution in [0.4, 0.5) is 0 Å². The molecule has 0 bridgehead atoms. The van der Waals surface area contributed by atoms with Crippen molar-refractivity contribution in [3.63, 3.8) is 0 Å². The molecule has 276 valence electrons. The smallest absolute Gasteiger partial charge is 0.328 e. The van der Waals surface area contributed by atoms with Gasteiger partial charge < -0.3 is 43.2 Å². The number of nitrogens with zero attached hydrogens (tertiary/aromatic N) is 1. The third-order valence-corrected chi connectivity index (χ3v) is 9.40. The van der Waals surface area contributed by atoms with E-state index in [0.717, 1.165) is 11.1 Å². The van der Waals surface area contributed by atoms with Crippen molar-refractivity contribution in [2.24, 2.45) is 0 Å². The van der Waals surface area contributed by atoms with Gasteiger partial charge in [-0.25, -0.2) is 9.59 Å². The highest BCUT2D eigenvalue weighted by molar-refractivity contribution is 5.18. The second kappa shape index (κ2) is 15.6. The quantitative estimate of drug-likeness (QED) is 0.218. The topological polar surface area (TPSA) is 209 Å². The molecular weight excluding hydrogens is 680 g/mol. The fourth-order valence-corrected chi connectivity index (χ4v) is 6.43. The number of rotatable bonds is 3. The minimum atomic E-state index is -0.980. The lowest BCUT2D eigenvalue weighted by atomic mass is 9.96. The third-order valence-electron chi connectivity index (χ3n) is 9.40. The van der Waals surface area contributed by atoms with Gasteiger partial charge in [0.05, 0.1) is 32.5 Å². The zero-order valence-corrected chi connectivity index (χ0v) is 28.4. The van der Waals surface area contributed by atoms with Crippen LogP contribution in [0.5, 0.6) is 0 Å². The third kappa shape index (κ3) is 7.94. The Morgan fingerprint density at radius 2 is 1.17 bits per heavy atom. The molecule has 5 fully saturated rings. The first kappa shape index (κ1) is 35.9. The lowest BCUT2D eigenvalue weighted by molar-refractivity contribution is -0.306. The fraction of sp³-hybridized carbons (Fsp3) is 0.444. The van der Waals surface area contributed by atoms with E-state index in [1.165, 1.54) is 17.0 Å². The van der Waals surface area contributed by atoms with Gasteiger partial charge in [0.25, 0.3) is 11.1 Å². The maximum absolute atomic E-state index is 12.2. The van der Waals surface area contributed by atoms with E-state index in [2.05, 4.69) is 15.0 Å². The second-order valence-corrected chi connectivity index (χ2v) is 13.0. The predicted molar refractivity (Wildman–Crippen MR) is 182 cm³/mol. The standard InChI is InChI=1S/C18H20N2O6.C13H14O4.C5H6N2O2/c1-10-7-20(18(23)19-16(10)22)12-8-24-13-9-25-17(26-15(13)14(12)21)11-5-3-2-4-6-11;1-2-4-8(5-3-1)13-15-6-9-11(17-13)12-10(16-12)7-14-9;1-3-2-6-5(9)7-4(3)8/h2-7,12-15,17,21H,8-9H2,1H3,(H,19,22,23);1-5,9-13H,6-7H2;2H,1H3,(H2,6,7,8,9)/t12-,13-,14+,15-,17?;9-,10+,11-,12+,13?;/m11./s1. The summed E-state index contributed by atoms with van der Waals surface area (Å²) < 4.78 is 41.5. The van der Waals surface area contributed by atoms with E-state index in [9.17, 15) is 24.3 Å². The normalized spacial score (nSPS) is 31.6. The van der Waals surface area contributed by atoms with E-state index in [0.29, 0.717) is 24.3 Å². The number of H-pyrrole nitrogens is 3. The molecule has 0 amide bonds. The summed E-state index contributed by atoms with van der Waals surface area (Å²) in [5.41, 5.74) is 0.958. The van der Waals surface area contributed by atoms with Crippen molar-refractivity contribution in [1.29, 1.82) is 0 Å². The van der Waals surface area contributed by atoms with Crippen molar-refractivity contribution in [3.8, 4) is 0 Å². The first-order valence-electron chi connectivity index (χ1n) is 17.0. The monoisotopic (exact) mass is 720 g/mol. The van der Waals surface area contributed by atoms with Crippen LogP contribution >= 0.6 is 0 Å². The summed E-state index contributed by atoms with van der Waals surface area (Å²) in [6.07, 6.45) is 0.376. The number of epoxide rings is 1. The van der Waals surface area contributed by atoms with Crippen LogP contribution in [-0.4, -0.2) is 93.8 Å². The zero-order valence-electron chi connectivity index (χ0n) is 28.4. The minimum absolute atomic E-state index is 0.0210. The van der Waals surface area contributed by atoms with Gasteiger partial charge in [0.15, 0.2) is 12.6 Å². The van der Waals surface area contributed by atoms with Crippen molar-refractivity contribution in [2.75, 3.05) is 26.4 Å². The molecule has 5 saturated heterocycles. The Morgan fingerprint density at radius 3 is 1.79 bits per heavy atom. The van der Waals surface area contributed by atoms with Crippen LogP contribution in [0.3, 0.4) is 0 Å². The van der Waals surface area contributed by atoms with Gasteiger partial charge in [0.2, 0.25) is 0 Å². The maximum Gasteiger partial charge on any atom is 0.328 e. The molecule has 10 atom stereocenters. The van der Waals surface area contributed by atoms with E-state index in [1.807, 2.05) is 60.7 Å². The molecule has 16 heteroatoms. The SMILES string of the molecule is Cc1c[nH]c(=O)[nH]c1=O.Cc1cn([C@@H]2CO[C@@H]3COC(c4ccccc4)O[C@H]3[C@H]2O)c(=O)[nH]c1=O.c1ccc(C2OC[C@H]3OC[C@@H]4O[C@@H]4[C@@H]3O2)cc1. The van der Waals surface area contributed by atoms with Crippen molar-refractivity contribution >= 4 is 0 Å². The molecule has 0 saturated carbocycles. The van der Waals surface area contributed by atoms with Gasteiger partial charge in [0.1, 0.15) is 42.7 Å². The summed E-state index contributed by atoms with van der Waals surface area (Å²) >= 11 is 0. The molecule has 5 aliphatic heterocycles. The highest BCUT2D eigenvalue weighted by Gasteiger charge is 2.55. The molecule has 52 heavy (non-hydrogen) atoms. The molecule has 2 aromatic carbocycles. The Morgan fingerprint density at radius 1 is 0.635 bits per heavy atom. The Kier molecular flexibility index (Phi) is 10.8. The largest absolute Gasteiger partial charge is 0.388 e. The first-order valence-corrected chi connectivity index (χ1v) is 17.0. The fourth-order valence-electron chi connectivity index (χ4n) is 6.43. The molecule has 16 nitrogen and oxygen atoms in total. The van der Waals surface area contributed by atoms with Crippen LogP contribution in [0.2, 0.25) is 0 Å². The van der Waals surface area contributed by atoms with Crippen LogP contribution in [0.25, 0.3) is 0 Å². The van der Waals surface area contributed by atoms with Gasteiger partial charge in [-0.3, -0.25) is 24.1 Å². The van der Waals surface area contributed by atoms with E-state index in [-0.39, 0.29) is 49.5 Å². The van der Waals surface area contributed by atoms with E-state index >= 15 is 0 Å². The molecule has 0 spiro atoms. The molecule has 2 unspecified atom stereocenters. The van der Waals surface area contributed by atoms with Crippen molar-refractivity contribution in [1.82, 2.24) is 19.5 Å². The van der Waals surface area contributed by atoms with Crippen molar-refractivity contribution in [2.45, 2.75) is 75.2 Å². The number of aliphatic hydroxyl groups excluding tert-OH is 1. The van der Waals surface area contributed by atoms with E-state index in [4.69, 9.17) is 33.2 Å². The Bertz CT molecular complexity index is 2050. The van der Waals surface area contributed by atoms with Gasteiger partial charge in [-0.05, 0) is 13.8 Å². The number of aryl methyl sites for hydroxylation is 2. The van der Waals surface area contributed by atoms with E-state index in [1.54, 1.807) is 13.8 Å². The Labute approximate surface area is 296 Å². The number of aromatic nitrogens is 4. The van der Waals surface area contributed by atoms with Crippen LogP contribution in [0.15, 0.2) is 92.2 Å². The molecule has 9 rings (SSSR count). The van der Waals surface area contributed by atoms with Crippen LogP contribution in [0, 0.1) is 13.8 Å². The van der Waals surface area contributed by atoms with Crippen molar-refractivity contribution < 1.29 is 38.3 Å². The summed E-state index contributed by atoms with van der Waals surface area (Å²) in [6.45, 7) is 4.88. The van der Waals surface area contributed by atoms with Gasteiger partial charge in [-0.15, -0.1) is 0 Å². The van der Waals surface area contributed by atoms with E-state index < -0.39 is 47.6 Å². The maximum atomic E-state index is 12.2. The highest BCUT2D eigenvalue weighted by Crippen LogP contribution is 2.40. The summed E-state index contributed by atoms with van der Waals surface area (Å²) in [6, 6.07) is 18.8. The lowest BCUT2D eigenvalue weighted by Gasteiger charge is -2.45. The molecule has 5 aliphatic rings. The summed E-state index contributed by atoms with van der Waals surface area (Å²) in [7, 11) is 0. The van der Waals surface area contributed by atoms with Gasteiger partial charge in [0, 0.05) is 34.6 Å². The molecule has 0 radical (unpaired) electrons. The van der Waals surface area contributed by atoms with Gasteiger partial charge >= 0.3 is 11.4 Å². The average molecular weight is 721 g/mol. The average Bonchev–Trinajstić information content (AvgIpc) is 3.97. The molecule has 7 heterocycles. The highest BCUT2D eigenvalue weighted by atomic mass is 16.7. The van der Waals surface area contributed by atoms with Gasteiger partial charge in [-0.2, -0.15) is 0 Å². The number of benzene rings is 2. The number of ether oxygens (including phenoxy) is 7. The number of aliphatic hydroxyl groups is 1. The number of hydrogen-bond donors (Lipinski definition) is 4. The van der Waals surface area contributed by atoms with Crippen molar-refractivity contribution in [3.05, 3.63) is 137 Å². The first-order chi connectivity index (χ1) is 25.2. The number of hydrogen-bond acceptors (Lipinski definition) is 12. The van der Waals surface area contributed by atoms with Crippen LogP contribution in [-0.2, 0) is 33.2 Å². The number of fused-ring (bicyclic) bond motifs is 4. The Balaban J connectivity index is 0.000000137. The summed E-state index contributed by atoms with van der Waals surface area (Å²) in [5.74, 6) is 0. The Hall–Kier alpha value is -4.52. The summed E-state index contributed by atoms with van der Waals surface area (Å²) in [4.78, 5) is 51.3. The molecule has 0 aliphatic carbocycles. The lowest BCUT2D eigenvalue weighted by Crippen LogP contribution is -2.57. The molecule has 2 aromatic heterocycles. The van der Waals surface area contributed by atoms with Crippen LogP contribution < -0.4 is 22.5 Å². The second-order valence-electron chi connectivity index (χ2n) is 13.0. The number of aromatic amines is 3. The number of nitrogens with one attached hydrogen (secondary N) is 3. The zero-order chi connectivity index (χ0) is 36.4. The minimum Gasteiger partial charge on any atom is -0.388 e. The molecule has 4 aromatic rings. The summed E-state index contributed by atoms with van der Waals surface area (Å²) in [5, 5.41) is 10.9.